The number of rotatable bonds is 57. The molecule has 0 unspecified atom stereocenters. The number of carbonyl (C=O) groups is 3. The highest BCUT2D eigenvalue weighted by atomic mass is 16.6. The van der Waals surface area contributed by atoms with Crippen molar-refractivity contribution >= 4 is 17.9 Å². The highest BCUT2D eigenvalue weighted by molar-refractivity contribution is 5.71. The molecule has 0 saturated carbocycles. The van der Waals surface area contributed by atoms with Crippen molar-refractivity contribution in [3.63, 3.8) is 0 Å². The summed E-state index contributed by atoms with van der Waals surface area (Å²) in [5, 5.41) is 0. The lowest BCUT2D eigenvalue weighted by Gasteiger charge is -2.18. The van der Waals surface area contributed by atoms with Gasteiger partial charge in [0.2, 0.25) is 0 Å². The Balaban J connectivity index is 4.19. The van der Waals surface area contributed by atoms with Gasteiger partial charge in [-0.3, -0.25) is 14.4 Å². The van der Waals surface area contributed by atoms with Gasteiger partial charge in [-0.25, -0.2) is 0 Å². The third-order valence-corrected chi connectivity index (χ3v) is 14.3. The largest absolute Gasteiger partial charge is 0.462 e. The van der Waals surface area contributed by atoms with Crippen LogP contribution in [0.2, 0.25) is 0 Å². The standard InChI is InChI=1S/C62H120O6/c1-5-7-9-11-13-15-17-18-19-20-24-27-30-34-37-41-45-49-53-60(63)66-56-59(68-62(65)55-51-47-43-39-32-16-14-12-10-8-6-2)57-67-61(64)54-50-46-42-38-35-31-28-25-22-21-23-26-29-33-36-40-44-48-52-58(3)4/h58-59H,5-57H2,1-4H3/t59-/m1/s1. The molecule has 0 aliphatic carbocycles. The van der Waals surface area contributed by atoms with Crippen LogP contribution >= 0.6 is 0 Å². The zero-order valence-corrected chi connectivity index (χ0v) is 46.6. The molecule has 0 aromatic rings. The molecule has 0 spiro atoms. The van der Waals surface area contributed by atoms with Crippen molar-refractivity contribution in [2.24, 2.45) is 5.92 Å². The number of hydrogen-bond donors (Lipinski definition) is 0. The summed E-state index contributed by atoms with van der Waals surface area (Å²) in [4.78, 5) is 38.2. The molecule has 0 bridgehead atoms. The van der Waals surface area contributed by atoms with Gasteiger partial charge in [0.15, 0.2) is 6.10 Å². The van der Waals surface area contributed by atoms with Gasteiger partial charge in [-0.15, -0.1) is 0 Å². The minimum absolute atomic E-state index is 0.0615. The molecule has 6 nitrogen and oxygen atoms in total. The Labute approximate surface area is 425 Å². The second-order valence-corrected chi connectivity index (χ2v) is 21.8. The molecule has 0 aromatic carbocycles. The van der Waals surface area contributed by atoms with Gasteiger partial charge < -0.3 is 14.2 Å². The Hall–Kier alpha value is -1.59. The van der Waals surface area contributed by atoms with Gasteiger partial charge >= 0.3 is 17.9 Å². The molecule has 0 rings (SSSR count). The van der Waals surface area contributed by atoms with Gasteiger partial charge in [-0.1, -0.05) is 317 Å². The Morgan fingerprint density at radius 3 is 0.721 bits per heavy atom. The molecule has 0 saturated heterocycles. The first-order chi connectivity index (χ1) is 33.4. The zero-order valence-electron chi connectivity index (χ0n) is 46.6. The molecule has 0 aliphatic heterocycles. The fraction of sp³-hybridized carbons (Fsp3) is 0.952. The minimum Gasteiger partial charge on any atom is -0.462 e. The quantitative estimate of drug-likeness (QED) is 0.0343. The van der Waals surface area contributed by atoms with E-state index < -0.39 is 6.10 Å². The topological polar surface area (TPSA) is 78.9 Å². The number of esters is 3. The Morgan fingerprint density at radius 2 is 0.485 bits per heavy atom. The van der Waals surface area contributed by atoms with Gasteiger partial charge in [0, 0.05) is 19.3 Å². The van der Waals surface area contributed by atoms with E-state index in [1.165, 1.54) is 250 Å². The third kappa shape index (κ3) is 55.3. The SMILES string of the molecule is CCCCCCCCCCCCCCCCCCCCC(=O)OC[C@H](COC(=O)CCCCCCCCCCCCCCCCCCCCC(C)C)OC(=O)CCCCCCCCCCCCC. The van der Waals surface area contributed by atoms with E-state index in [4.69, 9.17) is 14.2 Å². The van der Waals surface area contributed by atoms with Crippen molar-refractivity contribution in [1.82, 2.24) is 0 Å². The molecule has 0 aromatic heterocycles. The van der Waals surface area contributed by atoms with E-state index >= 15 is 0 Å². The van der Waals surface area contributed by atoms with Crippen LogP contribution in [0.5, 0.6) is 0 Å². The highest BCUT2D eigenvalue weighted by Gasteiger charge is 2.19. The fourth-order valence-electron chi connectivity index (χ4n) is 9.63. The first-order valence-corrected chi connectivity index (χ1v) is 30.9. The summed E-state index contributed by atoms with van der Waals surface area (Å²) in [5.41, 5.74) is 0. The monoisotopic (exact) mass is 961 g/mol. The fourth-order valence-corrected chi connectivity index (χ4v) is 9.63. The van der Waals surface area contributed by atoms with E-state index in [0.29, 0.717) is 19.3 Å². The minimum atomic E-state index is -0.762. The molecule has 0 N–H and O–H groups in total. The average molecular weight is 962 g/mol. The van der Waals surface area contributed by atoms with E-state index in [1.54, 1.807) is 0 Å². The molecular formula is C62H120O6. The van der Waals surface area contributed by atoms with Crippen LogP contribution in [-0.2, 0) is 28.6 Å². The van der Waals surface area contributed by atoms with Gasteiger partial charge in [-0.05, 0) is 25.2 Å². The van der Waals surface area contributed by atoms with E-state index in [0.717, 1.165) is 63.7 Å². The second-order valence-electron chi connectivity index (χ2n) is 21.8. The molecule has 0 amide bonds. The summed E-state index contributed by atoms with van der Waals surface area (Å²) in [6.07, 6.45) is 62.5. The van der Waals surface area contributed by atoms with E-state index in [2.05, 4.69) is 27.7 Å². The molecule has 1 atom stereocenters. The molecule has 0 aliphatic rings. The Morgan fingerprint density at radius 1 is 0.279 bits per heavy atom. The lowest BCUT2D eigenvalue weighted by Crippen LogP contribution is -2.30. The van der Waals surface area contributed by atoms with Crippen LogP contribution in [0.1, 0.15) is 355 Å². The van der Waals surface area contributed by atoms with Gasteiger partial charge in [-0.2, -0.15) is 0 Å². The van der Waals surface area contributed by atoms with Crippen LogP contribution in [0.4, 0.5) is 0 Å². The normalized spacial score (nSPS) is 12.0. The smallest absolute Gasteiger partial charge is 0.306 e. The predicted molar refractivity (Wildman–Crippen MR) is 293 cm³/mol. The molecule has 0 radical (unpaired) electrons. The van der Waals surface area contributed by atoms with Crippen molar-refractivity contribution in [3.05, 3.63) is 0 Å². The number of hydrogen-bond acceptors (Lipinski definition) is 6. The second kappa shape index (κ2) is 56.3. The van der Waals surface area contributed by atoms with Crippen LogP contribution in [-0.4, -0.2) is 37.2 Å². The molecule has 0 fully saturated rings. The molecule has 68 heavy (non-hydrogen) atoms. The summed E-state index contributed by atoms with van der Waals surface area (Å²) in [7, 11) is 0. The van der Waals surface area contributed by atoms with Crippen LogP contribution < -0.4 is 0 Å². The van der Waals surface area contributed by atoms with Crippen molar-refractivity contribution in [1.29, 1.82) is 0 Å². The summed E-state index contributed by atoms with van der Waals surface area (Å²) < 4.78 is 16.9. The highest BCUT2D eigenvalue weighted by Crippen LogP contribution is 2.18. The van der Waals surface area contributed by atoms with Gasteiger partial charge in [0.05, 0.1) is 0 Å². The zero-order chi connectivity index (χ0) is 49.5. The van der Waals surface area contributed by atoms with Crippen LogP contribution in [0.3, 0.4) is 0 Å². The van der Waals surface area contributed by atoms with E-state index in [-0.39, 0.29) is 31.1 Å². The summed E-state index contributed by atoms with van der Waals surface area (Å²) in [6, 6.07) is 0. The Kier molecular flexibility index (Phi) is 55.0. The van der Waals surface area contributed by atoms with Crippen LogP contribution in [0.15, 0.2) is 0 Å². The number of carbonyl (C=O) groups excluding carboxylic acids is 3. The van der Waals surface area contributed by atoms with E-state index in [1.807, 2.05) is 0 Å². The van der Waals surface area contributed by atoms with Crippen molar-refractivity contribution in [2.75, 3.05) is 13.2 Å². The molecular weight excluding hydrogens is 841 g/mol. The van der Waals surface area contributed by atoms with Crippen LogP contribution in [0, 0.1) is 5.92 Å². The van der Waals surface area contributed by atoms with Crippen LogP contribution in [0.25, 0.3) is 0 Å². The summed E-state index contributed by atoms with van der Waals surface area (Å²) in [5.74, 6) is 0.0272. The van der Waals surface area contributed by atoms with Crippen molar-refractivity contribution < 1.29 is 28.6 Å². The predicted octanol–water partition coefficient (Wildman–Crippen LogP) is 20.6. The molecule has 404 valence electrons. The van der Waals surface area contributed by atoms with Crippen molar-refractivity contribution in [3.8, 4) is 0 Å². The first kappa shape index (κ1) is 66.4. The van der Waals surface area contributed by atoms with E-state index in [9.17, 15) is 14.4 Å². The van der Waals surface area contributed by atoms with Crippen molar-refractivity contribution in [2.45, 2.75) is 361 Å². The maximum absolute atomic E-state index is 12.8. The number of unbranched alkanes of at least 4 members (excludes halogenated alkanes) is 44. The maximum Gasteiger partial charge on any atom is 0.306 e. The summed E-state index contributed by atoms with van der Waals surface area (Å²) >= 11 is 0. The molecule has 6 heteroatoms. The third-order valence-electron chi connectivity index (χ3n) is 14.3. The van der Waals surface area contributed by atoms with Gasteiger partial charge in [0.25, 0.3) is 0 Å². The average Bonchev–Trinajstić information content (AvgIpc) is 3.32. The Bertz CT molecular complexity index is 1030. The maximum atomic E-state index is 12.8. The lowest BCUT2D eigenvalue weighted by atomic mass is 10.0. The van der Waals surface area contributed by atoms with Gasteiger partial charge in [0.1, 0.15) is 13.2 Å². The number of ether oxygens (including phenoxy) is 3. The molecule has 0 heterocycles. The lowest BCUT2D eigenvalue weighted by molar-refractivity contribution is -0.167. The first-order valence-electron chi connectivity index (χ1n) is 30.9. The summed E-state index contributed by atoms with van der Waals surface area (Å²) in [6.45, 7) is 9.08.